The topological polar surface area (TPSA) is 77.3 Å². The summed E-state index contributed by atoms with van der Waals surface area (Å²) in [4.78, 5) is 30.0. The van der Waals surface area contributed by atoms with E-state index in [1.807, 2.05) is 121 Å². The number of aromatic nitrogens is 6. The standard InChI is InChI=1S/2C55H35N3/c1-3-16-37(17-4-1)53-56-54(38-18-5-2-6-19-38)58-55(57-53)43-23-14-21-41(34-43)45-31-29-36-15-7-8-24-44(36)52(45)42-22-13-20-39(33-42)40-30-32-50-48-27-10-9-25-46(48)47-26-11-12-28-49(47)51(50)35-40;1-3-15-39(16-4-1)53-56-54(40-17-5-2-6-18-40)58-55(57-53)43-20-13-19-42(34-43)45-32-30-37-14-7-8-21-44(37)52(45)38-28-26-36(27-29-38)41-31-33-50-48-24-10-9-22-46(48)47-23-11-12-25-49(47)51(50)35-41/h2*1-35H. The van der Waals surface area contributed by atoms with Gasteiger partial charge in [0.15, 0.2) is 34.9 Å². The normalized spacial score (nSPS) is 11.4. The maximum Gasteiger partial charge on any atom is 0.164 e. The molecular formula is C110H70N6. The van der Waals surface area contributed by atoms with E-state index in [-0.39, 0.29) is 0 Å². The lowest BCUT2D eigenvalue weighted by Gasteiger charge is -2.16. The van der Waals surface area contributed by atoms with Crippen LogP contribution in [0.3, 0.4) is 0 Å². The lowest BCUT2D eigenvalue weighted by atomic mass is 9.87. The average molecular weight is 1480 g/mol. The SMILES string of the molecule is c1ccc(-c2nc(-c3ccccc3)nc(-c3cccc(-c4ccc5ccccc5c4-c4ccc(-c5ccc6c7ccccc7c7ccccc7c6c5)cc4)c3)n2)cc1.c1ccc(-c2nc(-c3ccccc3)nc(-c3cccc(-c4ccc5ccccc5c4-c4cccc(-c5ccc6c7ccccc7c7ccccc7c6c5)c4)c3)n2)cc1. The minimum absolute atomic E-state index is 0.635. The first-order valence-corrected chi connectivity index (χ1v) is 39.4. The molecular weight excluding hydrogens is 1410 g/mol. The first kappa shape index (κ1) is 68.5. The largest absolute Gasteiger partial charge is 0.208 e. The van der Waals surface area contributed by atoms with Crippen LogP contribution in [0.1, 0.15) is 0 Å². The molecule has 2 aromatic heterocycles. The van der Waals surface area contributed by atoms with Crippen molar-refractivity contribution in [3.63, 3.8) is 0 Å². The van der Waals surface area contributed by atoms with Gasteiger partial charge in [-0.05, 0) is 183 Å². The zero-order valence-corrected chi connectivity index (χ0v) is 63.1. The average Bonchev–Trinajstić information content (AvgIpc) is 0.743. The van der Waals surface area contributed by atoms with Gasteiger partial charge in [-0.15, -0.1) is 0 Å². The molecule has 0 bridgehead atoms. The van der Waals surface area contributed by atoms with E-state index in [0.717, 1.165) is 66.8 Å². The Morgan fingerprint density at radius 1 is 0.112 bits per heavy atom. The smallest absolute Gasteiger partial charge is 0.164 e. The molecule has 6 nitrogen and oxygen atoms in total. The van der Waals surface area contributed by atoms with E-state index in [0.29, 0.717) is 34.9 Å². The van der Waals surface area contributed by atoms with Crippen molar-refractivity contribution in [3.8, 4) is 135 Å². The molecule has 0 aliphatic heterocycles. The van der Waals surface area contributed by atoms with Crippen molar-refractivity contribution in [1.29, 1.82) is 0 Å². The van der Waals surface area contributed by atoms with Crippen LogP contribution in [-0.2, 0) is 0 Å². The van der Waals surface area contributed by atoms with E-state index in [1.165, 1.54) is 120 Å². The van der Waals surface area contributed by atoms with Crippen LogP contribution in [0.4, 0.5) is 0 Å². The van der Waals surface area contributed by atoms with Crippen molar-refractivity contribution in [2.45, 2.75) is 0 Å². The molecule has 0 saturated heterocycles. The van der Waals surface area contributed by atoms with Crippen LogP contribution in [0.2, 0.25) is 0 Å². The molecule has 0 saturated carbocycles. The highest BCUT2D eigenvalue weighted by atomic mass is 15.0. The van der Waals surface area contributed by atoms with Gasteiger partial charge in [0.1, 0.15) is 0 Å². The fraction of sp³-hybridized carbons (Fsp3) is 0. The molecule has 540 valence electrons. The minimum atomic E-state index is 0.635. The van der Waals surface area contributed by atoms with Crippen molar-refractivity contribution < 1.29 is 0 Å². The first-order chi connectivity index (χ1) is 57.5. The second-order valence-corrected chi connectivity index (χ2v) is 29.5. The Balaban J connectivity index is 0.000000145. The van der Waals surface area contributed by atoms with Crippen LogP contribution in [-0.4, -0.2) is 29.9 Å². The zero-order chi connectivity index (χ0) is 76.8. The molecule has 0 aliphatic rings. The Hall–Kier alpha value is -15.5. The summed E-state index contributed by atoms with van der Waals surface area (Å²) in [5.41, 5.74) is 19.6. The number of benzene rings is 20. The fourth-order valence-electron chi connectivity index (χ4n) is 17.0. The molecule has 0 aliphatic carbocycles. The third kappa shape index (κ3) is 12.8. The van der Waals surface area contributed by atoms with Gasteiger partial charge in [-0.25, -0.2) is 29.9 Å². The number of nitrogens with zero attached hydrogens (tertiary/aromatic N) is 6. The predicted molar refractivity (Wildman–Crippen MR) is 485 cm³/mol. The fourth-order valence-corrected chi connectivity index (χ4v) is 17.0. The Bertz CT molecular complexity index is 7370. The van der Waals surface area contributed by atoms with Crippen molar-refractivity contribution in [3.05, 3.63) is 425 Å². The third-order valence-electron chi connectivity index (χ3n) is 22.6. The molecule has 22 aromatic rings. The zero-order valence-electron chi connectivity index (χ0n) is 63.1. The van der Waals surface area contributed by atoms with E-state index in [9.17, 15) is 0 Å². The number of rotatable bonds is 12. The molecule has 22 rings (SSSR count). The van der Waals surface area contributed by atoms with Crippen molar-refractivity contribution in [1.82, 2.24) is 29.9 Å². The van der Waals surface area contributed by atoms with Crippen molar-refractivity contribution >= 4 is 86.2 Å². The molecule has 2 heterocycles. The second-order valence-electron chi connectivity index (χ2n) is 29.5. The number of hydrogen-bond donors (Lipinski definition) is 0. The van der Waals surface area contributed by atoms with Gasteiger partial charge in [0.25, 0.3) is 0 Å². The Morgan fingerprint density at radius 2 is 0.345 bits per heavy atom. The Kier molecular flexibility index (Phi) is 17.5. The highest BCUT2D eigenvalue weighted by molar-refractivity contribution is 6.27. The third-order valence-corrected chi connectivity index (χ3v) is 22.6. The number of fused-ring (bicyclic) bond motifs is 14. The molecule has 0 amide bonds. The maximum absolute atomic E-state index is 5.04. The van der Waals surface area contributed by atoms with Gasteiger partial charge in [0, 0.05) is 33.4 Å². The first-order valence-electron chi connectivity index (χ1n) is 39.4. The van der Waals surface area contributed by atoms with Crippen LogP contribution >= 0.6 is 0 Å². The van der Waals surface area contributed by atoms with Gasteiger partial charge in [0.05, 0.1) is 0 Å². The van der Waals surface area contributed by atoms with E-state index in [4.69, 9.17) is 29.9 Å². The molecule has 0 spiro atoms. The predicted octanol–water partition coefficient (Wildman–Crippen LogP) is 29.0. The van der Waals surface area contributed by atoms with E-state index in [2.05, 4.69) is 303 Å². The van der Waals surface area contributed by atoms with Gasteiger partial charge in [0.2, 0.25) is 0 Å². The van der Waals surface area contributed by atoms with Crippen LogP contribution in [0.15, 0.2) is 425 Å². The summed E-state index contributed by atoms with van der Waals surface area (Å²) in [6.45, 7) is 0. The monoisotopic (exact) mass is 1470 g/mol. The molecule has 0 radical (unpaired) electrons. The molecule has 0 atom stereocenters. The van der Waals surface area contributed by atoms with Crippen molar-refractivity contribution in [2.24, 2.45) is 0 Å². The Morgan fingerprint density at radius 3 is 0.716 bits per heavy atom. The summed E-state index contributed by atoms with van der Waals surface area (Å²) in [5.74, 6) is 3.86. The summed E-state index contributed by atoms with van der Waals surface area (Å²) in [7, 11) is 0. The van der Waals surface area contributed by atoms with Gasteiger partial charge >= 0.3 is 0 Å². The molecule has 0 N–H and O–H groups in total. The summed E-state index contributed by atoms with van der Waals surface area (Å²) in [6.07, 6.45) is 0. The lowest BCUT2D eigenvalue weighted by Crippen LogP contribution is -2.00. The molecule has 0 unspecified atom stereocenters. The quantitative estimate of drug-likeness (QED) is 0.113. The van der Waals surface area contributed by atoms with Crippen LogP contribution in [0.5, 0.6) is 0 Å². The van der Waals surface area contributed by atoms with Crippen LogP contribution < -0.4 is 0 Å². The summed E-state index contributed by atoms with van der Waals surface area (Å²) >= 11 is 0. The van der Waals surface area contributed by atoms with E-state index < -0.39 is 0 Å². The van der Waals surface area contributed by atoms with E-state index >= 15 is 0 Å². The summed E-state index contributed by atoms with van der Waals surface area (Å²) in [5, 5.41) is 20.2. The minimum Gasteiger partial charge on any atom is -0.208 e. The maximum atomic E-state index is 5.04. The van der Waals surface area contributed by atoms with Gasteiger partial charge in [-0.3, -0.25) is 0 Å². The lowest BCUT2D eigenvalue weighted by molar-refractivity contribution is 1.07. The van der Waals surface area contributed by atoms with Gasteiger partial charge in [-0.2, -0.15) is 0 Å². The number of hydrogen-bond acceptors (Lipinski definition) is 6. The van der Waals surface area contributed by atoms with Gasteiger partial charge < -0.3 is 0 Å². The van der Waals surface area contributed by atoms with Crippen LogP contribution in [0, 0.1) is 0 Å². The summed E-state index contributed by atoms with van der Waals surface area (Å²) in [6, 6.07) is 151. The van der Waals surface area contributed by atoms with Crippen molar-refractivity contribution in [2.75, 3.05) is 0 Å². The summed E-state index contributed by atoms with van der Waals surface area (Å²) < 4.78 is 0. The molecule has 20 aromatic carbocycles. The van der Waals surface area contributed by atoms with E-state index in [1.54, 1.807) is 0 Å². The van der Waals surface area contributed by atoms with Crippen LogP contribution in [0.25, 0.3) is 221 Å². The van der Waals surface area contributed by atoms with Gasteiger partial charge in [-0.1, -0.05) is 394 Å². The second kappa shape index (κ2) is 29.6. The molecule has 6 heteroatoms. The highest BCUT2D eigenvalue weighted by Crippen LogP contribution is 2.46. The Labute approximate surface area is 671 Å². The molecule has 0 fully saturated rings. The molecule has 116 heavy (non-hydrogen) atoms. The highest BCUT2D eigenvalue weighted by Gasteiger charge is 2.21.